The van der Waals surface area contributed by atoms with Gasteiger partial charge in [0.15, 0.2) is 0 Å². The number of carbonyl (C=O) groups is 4. The lowest BCUT2D eigenvalue weighted by Gasteiger charge is -2.40. The third-order valence-corrected chi connectivity index (χ3v) is 8.84. The predicted octanol–water partition coefficient (Wildman–Crippen LogP) is 1.11. The number of urea groups is 1. The highest BCUT2D eigenvalue weighted by Gasteiger charge is 2.53. The maximum Gasteiger partial charge on any atom is 0.418 e. The van der Waals surface area contributed by atoms with Gasteiger partial charge < -0.3 is 10.0 Å². The molecule has 14 nitrogen and oxygen atoms in total. The Hall–Kier alpha value is -2.65. The van der Waals surface area contributed by atoms with Crippen molar-refractivity contribution >= 4 is 34.3 Å². The Morgan fingerprint density at radius 1 is 1.08 bits per heavy atom. The zero-order chi connectivity index (χ0) is 27.3. The summed E-state index contributed by atoms with van der Waals surface area (Å²) in [6.07, 6.45) is 3.37. The lowest BCUT2D eigenvalue weighted by atomic mass is 9.70. The number of hydrogen-bond acceptors (Lipinski definition) is 7. The van der Waals surface area contributed by atoms with Crippen LogP contribution in [0.3, 0.4) is 0 Å². The van der Waals surface area contributed by atoms with Crippen molar-refractivity contribution in [2.24, 2.45) is 16.7 Å². The van der Waals surface area contributed by atoms with Crippen LogP contribution in [-0.2, 0) is 24.3 Å². The summed E-state index contributed by atoms with van der Waals surface area (Å²) in [5.41, 5.74) is 4.94. The van der Waals surface area contributed by atoms with E-state index in [0.717, 1.165) is 29.1 Å². The molecule has 5 amide bonds. The summed E-state index contributed by atoms with van der Waals surface area (Å²) < 4.78 is 35.3. The van der Waals surface area contributed by atoms with Crippen LogP contribution in [0, 0.1) is 16.7 Å². The van der Waals surface area contributed by atoms with Gasteiger partial charge in [0.25, 0.3) is 11.8 Å². The molecular formula is C22H35N5O9S. The van der Waals surface area contributed by atoms with Crippen LogP contribution in [0.4, 0.5) is 9.59 Å². The first-order valence-corrected chi connectivity index (χ1v) is 13.8. The van der Waals surface area contributed by atoms with Gasteiger partial charge in [0.2, 0.25) is 0 Å². The van der Waals surface area contributed by atoms with Crippen LogP contribution in [0.1, 0.15) is 65.7 Å². The molecule has 4 aliphatic rings. The molecule has 3 heterocycles. The number of piperidine rings is 2. The fourth-order valence-electron chi connectivity index (χ4n) is 6.06. The molecule has 4 atom stereocenters. The van der Waals surface area contributed by atoms with Gasteiger partial charge in [-0.05, 0) is 61.7 Å². The summed E-state index contributed by atoms with van der Waals surface area (Å²) in [5, 5.41) is 10.2. The molecule has 2 bridgehead atoms. The summed E-state index contributed by atoms with van der Waals surface area (Å²) in [5.74, 6) is -1.18. The highest BCUT2D eigenvalue weighted by Crippen LogP contribution is 2.62. The number of nitrogens with zero attached hydrogens (tertiary/aromatic N) is 3. The van der Waals surface area contributed by atoms with Gasteiger partial charge >= 0.3 is 22.5 Å². The number of likely N-dealkylation sites (tertiary alicyclic amines) is 1. The third-order valence-electron chi connectivity index (χ3n) is 8.49. The first kappa shape index (κ1) is 27.4. The zero-order valence-electron chi connectivity index (χ0n) is 21.2. The summed E-state index contributed by atoms with van der Waals surface area (Å²) in [7, 11) is -4.92. The second-order valence-electron chi connectivity index (χ2n) is 11.6. The minimum atomic E-state index is -4.92. The number of hydroxylamine groups is 2. The first-order chi connectivity index (χ1) is 17.1. The van der Waals surface area contributed by atoms with Gasteiger partial charge in [-0.1, -0.05) is 20.8 Å². The quantitative estimate of drug-likeness (QED) is 0.280. The molecule has 0 aromatic rings. The van der Waals surface area contributed by atoms with E-state index in [1.54, 1.807) is 0 Å². The Kier molecular flexibility index (Phi) is 7.09. The maximum absolute atomic E-state index is 13.0. The fourth-order valence-corrected chi connectivity index (χ4v) is 6.45. The van der Waals surface area contributed by atoms with Crippen LogP contribution in [-0.4, -0.2) is 88.1 Å². The van der Waals surface area contributed by atoms with E-state index in [0.29, 0.717) is 17.9 Å². The zero-order valence-corrected chi connectivity index (χ0v) is 22.0. The summed E-state index contributed by atoms with van der Waals surface area (Å²) in [4.78, 5) is 52.4. The number of carbonyl (C=O) groups excluding carboxylic acids is 3. The van der Waals surface area contributed by atoms with Crippen molar-refractivity contribution in [2.75, 3.05) is 13.1 Å². The number of nitrogens with one attached hydrogen (secondary N) is 2. The smallest absolute Gasteiger partial charge is 0.418 e. The van der Waals surface area contributed by atoms with E-state index >= 15 is 0 Å². The second kappa shape index (κ2) is 9.58. The van der Waals surface area contributed by atoms with Gasteiger partial charge in [0, 0.05) is 13.1 Å². The van der Waals surface area contributed by atoms with Gasteiger partial charge in [-0.15, -0.1) is 4.28 Å². The maximum atomic E-state index is 13.0. The summed E-state index contributed by atoms with van der Waals surface area (Å²) in [6.45, 7) is 6.85. The molecule has 3 aliphatic heterocycles. The standard InChI is InChI=1S/C22H35N5O9S/c1-21(2,3)22(7-8-22)11-13-6-9-25(20(31)32)16(10-13)18(29)24-23-17(28)15-5-4-14-12-26(15)19(30)27(14)36-37(33,34)35/h13-16H,4-12H2,1-3H3,(H,23,28)(H,24,29)(H,31,32)(H,33,34,35)/t13-,14-,15+,16+/m1/s1. The Balaban J connectivity index is 1.36. The van der Waals surface area contributed by atoms with E-state index in [1.807, 2.05) is 0 Å². The SMILES string of the molecule is CC(C)(C)C1(C[C@@H]2CCN(C(=O)O)[C@H](C(=O)NNC(=O)[C@@H]3CC[C@@H]4CN3C(=O)N4OS(=O)(=O)O)C2)CC1. The summed E-state index contributed by atoms with van der Waals surface area (Å²) in [6, 6.07) is -3.52. The molecule has 4 rings (SSSR count). The van der Waals surface area contributed by atoms with E-state index < -0.39 is 52.5 Å². The van der Waals surface area contributed by atoms with Crippen molar-refractivity contribution in [1.82, 2.24) is 25.7 Å². The molecule has 0 aromatic carbocycles. The monoisotopic (exact) mass is 545 g/mol. The van der Waals surface area contributed by atoms with E-state index in [2.05, 4.69) is 35.9 Å². The molecule has 37 heavy (non-hydrogen) atoms. The van der Waals surface area contributed by atoms with E-state index in [-0.39, 0.29) is 42.7 Å². The number of hydrazine groups is 1. The van der Waals surface area contributed by atoms with E-state index in [9.17, 15) is 32.7 Å². The van der Waals surface area contributed by atoms with Crippen molar-refractivity contribution in [3.05, 3.63) is 0 Å². The highest BCUT2D eigenvalue weighted by molar-refractivity contribution is 7.80. The summed E-state index contributed by atoms with van der Waals surface area (Å²) >= 11 is 0. The van der Waals surface area contributed by atoms with Crippen molar-refractivity contribution in [1.29, 1.82) is 0 Å². The third kappa shape index (κ3) is 5.62. The predicted molar refractivity (Wildman–Crippen MR) is 127 cm³/mol. The van der Waals surface area contributed by atoms with Crippen molar-refractivity contribution < 1.29 is 41.5 Å². The molecule has 0 spiro atoms. The van der Waals surface area contributed by atoms with Crippen molar-refractivity contribution in [2.45, 2.75) is 83.8 Å². The number of carboxylic acid groups (broad SMARTS) is 1. The fraction of sp³-hybridized carbons (Fsp3) is 0.818. The second-order valence-corrected chi connectivity index (χ2v) is 12.6. The largest absolute Gasteiger partial charge is 0.465 e. The number of fused-ring (bicyclic) bond motifs is 2. The average molecular weight is 546 g/mol. The molecule has 0 unspecified atom stereocenters. The topological polar surface area (TPSA) is 186 Å². The Morgan fingerprint density at radius 3 is 2.24 bits per heavy atom. The molecular weight excluding hydrogens is 510 g/mol. The molecule has 1 aliphatic carbocycles. The molecule has 208 valence electrons. The van der Waals surface area contributed by atoms with Crippen LogP contribution in [0.15, 0.2) is 0 Å². The number of amides is 5. The van der Waals surface area contributed by atoms with E-state index in [1.165, 1.54) is 0 Å². The van der Waals surface area contributed by atoms with Crippen LogP contribution >= 0.6 is 0 Å². The van der Waals surface area contributed by atoms with Gasteiger partial charge in [0.1, 0.15) is 12.1 Å². The number of hydrogen-bond donors (Lipinski definition) is 4. The van der Waals surface area contributed by atoms with Gasteiger partial charge in [-0.2, -0.15) is 13.5 Å². The molecule has 0 aromatic heterocycles. The molecule has 4 N–H and O–H groups in total. The van der Waals surface area contributed by atoms with Crippen LogP contribution in [0.2, 0.25) is 0 Å². The van der Waals surface area contributed by atoms with Gasteiger partial charge in [0.05, 0.1) is 6.04 Å². The van der Waals surface area contributed by atoms with Gasteiger partial charge in [-0.25, -0.2) is 9.59 Å². The van der Waals surface area contributed by atoms with Crippen LogP contribution in [0.25, 0.3) is 0 Å². The molecule has 3 saturated heterocycles. The lowest BCUT2D eigenvalue weighted by molar-refractivity contribution is -0.135. The molecule has 0 radical (unpaired) electrons. The minimum Gasteiger partial charge on any atom is -0.465 e. The van der Waals surface area contributed by atoms with Crippen molar-refractivity contribution in [3.63, 3.8) is 0 Å². The van der Waals surface area contributed by atoms with Crippen LogP contribution < -0.4 is 10.9 Å². The minimum absolute atomic E-state index is 0.00695. The highest BCUT2D eigenvalue weighted by atomic mass is 32.3. The Morgan fingerprint density at radius 2 is 1.70 bits per heavy atom. The molecule has 1 saturated carbocycles. The molecule has 4 fully saturated rings. The van der Waals surface area contributed by atoms with Crippen LogP contribution in [0.5, 0.6) is 0 Å². The Labute approximate surface area is 215 Å². The number of rotatable bonds is 6. The van der Waals surface area contributed by atoms with E-state index in [4.69, 9.17) is 4.55 Å². The Bertz CT molecular complexity index is 1070. The lowest BCUT2D eigenvalue weighted by Crippen LogP contribution is -2.59. The van der Waals surface area contributed by atoms with Gasteiger partial charge in [-0.3, -0.25) is 29.9 Å². The van der Waals surface area contributed by atoms with Crippen molar-refractivity contribution in [3.8, 4) is 0 Å². The average Bonchev–Trinajstić information content (AvgIpc) is 3.56. The molecule has 15 heteroatoms. The first-order valence-electron chi connectivity index (χ1n) is 12.5. The normalized spacial score (nSPS) is 29.2.